The van der Waals surface area contributed by atoms with Crippen LogP contribution >= 0.6 is 0 Å². The van der Waals surface area contributed by atoms with E-state index in [2.05, 4.69) is 11.9 Å². The summed E-state index contributed by atoms with van der Waals surface area (Å²) >= 11 is 0. The van der Waals surface area contributed by atoms with E-state index in [1.54, 1.807) is 12.1 Å². The number of carbonyl (C=O) groups excluding carboxylic acids is 3. The van der Waals surface area contributed by atoms with Crippen molar-refractivity contribution < 1.29 is 14.4 Å². The summed E-state index contributed by atoms with van der Waals surface area (Å²) in [6.07, 6.45) is 2.17. The molecule has 0 spiro atoms. The maximum atomic E-state index is 13.2. The van der Waals surface area contributed by atoms with Crippen molar-refractivity contribution in [1.29, 1.82) is 0 Å². The molecule has 1 aromatic heterocycles. The van der Waals surface area contributed by atoms with Gasteiger partial charge < -0.3 is 9.88 Å². The third-order valence-electron chi connectivity index (χ3n) is 5.46. The number of nitrogens with zero attached hydrogens (tertiary/aromatic N) is 2. The third-order valence-corrected chi connectivity index (χ3v) is 5.46. The fourth-order valence-corrected chi connectivity index (χ4v) is 3.85. The normalized spacial score (nSPS) is 19.0. The summed E-state index contributed by atoms with van der Waals surface area (Å²) in [7, 11) is 0. The Morgan fingerprint density at radius 2 is 1.89 bits per heavy atom. The molecule has 0 bridgehead atoms. The highest BCUT2D eigenvalue weighted by molar-refractivity contribution is 6.11. The highest BCUT2D eigenvalue weighted by Crippen LogP contribution is 2.32. The van der Waals surface area contributed by atoms with Crippen molar-refractivity contribution in [3.8, 4) is 0 Å². The number of Topliss-reactive ketones (excluding diaryl/α,β-unsaturated/α-hetero) is 1. The summed E-state index contributed by atoms with van der Waals surface area (Å²) in [5.74, 6) is -0.647. The number of imide groups is 1. The number of ketones is 1. The van der Waals surface area contributed by atoms with E-state index < -0.39 is 11.6 Å². The van der Waals surface area contributed by atoms with Gasteiger partial charge in [0.2, 0.25) is 0 Å². The first-order valence-electron chi connectivity index (χ1n) is 9.36. The van der Waals surface area contributed by atoms with Crippen LogP contribution in [-0.4, -0.2) is 33.7 Å². The predicted octanol–water partition coefficient (Wildman–Crippen LogP) is 3.33. The maximum Gasteiger partial charge on any atom is 0.325 e. The molecule has 146 valence electrons. The first kappa shape index (κ1) is 19.6. The van der Waals surface area contributed by atoms with Gasteiger partial charge in [-0.25, -0.2) is 4.79 Å². The molecule has 1 saturated heterocycles. The number of allylic oxidation sites excluding steroid dienone is 1. The highest BCUT2D eigenvalue weighted by atomic mass is 16.2. The molecule has 2 aromatic rings. The number of nitrogens with one attached hydrogen (secondary N) is 1. The molecule has 1 aliphatic rings. The Kier molecular flexibility index (Phi) is 5.23. The Morgan fingerprint density at radius 3 is 2.50 bits per heavy atom. The molecular weight excluding hydrogens is 354 g/mol. The number of rotatable bonds is 7. The van der Waals surface area contributed by atoms with Crippen molar-refractivity contribution in [2.24, 2.45) is 0 Å². The number of carbonyl (C=O) groups is 3. The fourth-order valence-electron chi connectivity index (χ4n) is 3.85. The van der Waals surface area contributed by atoms with Gasteiger partial charge in [0.25, 0.3) is 5.91 Å². The van der Waals surface area contributed by atoms with E-state index in [-0.39, 0.29) is 18.2 Å². The second-order valence-corrected chi connectivity index (χ2v) is 7.05. The van der Waals surface area contributed by atoms with Gasteiger partial charge in [-0.15, -0.1) is 6.58 Å². The van der Waals surface area contributed by atoms with Crippen LogP contribution in [0.15, 0.2) is 49.1 Å². The lowest BCUT2D eigenvalue weighted by molar-refractivity contribution is -0.131. The molecule has 28 heavy (non-hydrogen) atoms. The number of aromatic nitrogens is 1. The SMILES string of the molecule is C=CCn1c(C)cc(C(=O)CN2C(=O)NC(CC)(c3ccccc3)C2=O)c1C. The molecule has 1 atom stereocenters. The second kappa shape index (κ2) is 7.46. The van der Waals surface area contributed by atoms with E-state index in [1.807, 2.05) is 55.7 Å². The molecule has 1 fully saturated rings. The number of urea groups is 1. The molecule has 0 saturated carbocycles. The van der Waals surface area contributed by atoms with E-state index in [0.29, 0.717) is 18.5 Å². The molecule has 6 nitrogen and oxygen atoms in total. The average molecular weight is 379 g/mol. The van der Waals surface area contributed by atoms with Crippen LogP contribution in [0.25, 0.3) is 0 Å². The zero-order chi connectivity index (χ0) is 20.5. The van der Waals surface area contributed by atoms with Crippen LogP contribution in [0.5, 0.6) is 0 Å². The molecule has 1 aliphatic heterocycles. The highest BCUT2D eigenvalue weighted by Gasteiger charge is 2.51. The number of aryl methyl sites for hydroxylation is 1. The van der Waals surface area contributed by atoms with Crippen molar-refractivity contribution in [1.82, 2.24) is 14.8 Å². The van der Waals surface area contributed by atoms with Gasteiger partial charge in [0.15, 0.2) is 5.78 Å². The molecule has 0 aliphatic carbocycles. The van der Waals surface area contributed by atoms with Crippen LogP contribution < -0.4 is 5.32 Å². The number of benzene rings is 1. The van der Waals surface area contributed by atoms with Crippen molar-refractivity contribution >= 4 is 17.7 Å². The zero-order valence-corrected chi connectivity index (χ0v) is 16.5. The first-order chi connectivity index (χ1) is 13.4. The van der Waals surface area contributed by atoms with Crippen molar-refractivity contribution in [3.05, 3.63) is 71.6 Å². The number of hydrogen-bond donors (Lipinski definition) is 1. The van der Waals surface area contributed by atoms with Crippen molar-refractivity contribution in [3.63, 3.8) is 0 Å². The van der Waals surface area contributed by atoms with Gasteiger partial charge in [-0.2, -0.15) is 0 Å². The fraction of sp³-hybridized carbons (Fsp3) is 0.318. The summed E-state index contributed by atoms with van der Waals surface area (Å²) in [5, 5.41) is 2.81. The van der Waals surface area contributed by atoms with Crippen LogP contribution in [0.4, 0.5) is 4.79 Å². The van der Waals surface area contributed by atoms with Crippen LogP contribution in [0.2, 0.25) is 0 Å². The summed E-state index contributed by atoms with van der Waals surface area (Å²) in [5.41, 5.74) is 1.85. The van der Waals surface area contributed by atoms with E-state index in [1.165, 1.54) is 0 Å². The minimum absolute atomic E-state index is 0.258. The van der Waals surface area contributed by atoms with Crippen LogP contribution in [0, 0.1) is 13.8 Å². The molecule has 3 amide bonds. The molecular formula is C22H25N3O3. The second-order valence-electron chi connectivity index (χ2n) is 7.05. The Labute approximate surface area is 164 Å². The number of amides is 3. The largest absolute Gasteiger partial charge is 0.345 e. The molecule has 0 radical (unpaired) electrons. The lowest BCUT2D eigenvalue weighted by Gasteiger charge is -2.25. The summed E-state index contributed by atoms with van der Waals surface area (Å²) in [6.45, 7) is 9.67. The molecule has 6 heteroatoms. The van der Waals surface area contributed by atoms with Gasteiger partial charge in [-0.3, -0.25) is 14.5 Å². The van der Waals surface area contributed by atoms with Gasteiger partial charge in [0.1, 0.15) is 5.54 Å². The average Bonchev–Trinajstić information content (AvgIpc) is 3.11. The van der Waals surface area contributed by atoms with Gasteiger partial charge in [-0.05, 0) is 31.9 Å². The Balaban J connectivity index is 1.88. The van der Waals surface area contributed by atoms with Crippen LogP contribution in [0.3, 0.4) is 0 Å². The maximum absolute atomic E-state index is 13.2. The topological polar surface area (TPSA) is 71.4 Å². The predicted molar refractivity (Wildman–Crippen MR) is 107 cm³/mol. The zero-order valence-electron chi connectivity index (χ0n) is 16.5. The first-order valence-corrected chi connectivity index (χ1v) is 9.36. The smallest absolute Gasteiger partial charge is 0.325 e. The lowest BCUT2D eigenvalue weighted by atomic mass is 9.87. The van der Waals surface area contributed by atoms with Gasteiger partial charge in [0, 0.05) is 23.5 Å². The molecule has 1 aromatic carbocycles. The van der Waals surface area contributed by atoms with Crippen molar-refractivity contribution in [2.75, 3.05) is 6.54 Å². The molecule has 3 rings (SSSR count). The molecule has 1 unspecified atom stereocenters. The summed E-state index contributed by atoms with van der Waals surface area (Å²) in [4.78, 5) is 39.7. The van der Waals surface area contributed by atoms with E-state index in [0.717, 1.165) is 21.9 Å². The van der Waals surface area contributed by atoms with E-state index in [9.17, 15) is 14.4 Å². The Bertz CT molecular complexity index is 945. The molecule has 1 N–H and O–H groups in total. The Hall–Kier alpha value is -3.15. The van der Waals surface area contributed by atoms with Crippen LogP contribution in [-0.2, 0) is 16.9 Å². The minimum Gasteiger partial charge on any atom is -0.345 e. The van der Waals surface area contributed by atoms with Gasteiger partial charge in [-0.1, -0.05) is 43.3 Å². The van der Waals surface area contributed by atoms with Gasteiger partial charge in [0.05, 0.1) is 6.54 Å². The molecule has 2 heterocycles. The third kappa shape index (κ3) is 3.05. The summed E-state index contributed by atoms with van der Waals surface area (Å²) in [6, 6.07) is 10.4. The quantitative estimate of drug-likeness (QED) is 0.456. The van der Waals surface area contributed by atoms with Gasteiger partial charge >= 0.3 is 6.03 Å². The monoisotopic (exact) mass is 379 g/mol. The standard InChI is InChI=1S/C22H25N3O3/c1-5-12-24-15(3)13-18(16(24)4)19(26)14-25-20(27)22(6-2,23-21(25)28)17-10-8-7-9-11-17/h5,7-11,13H,1,6,12,14H2,2-4H3,(H,23,28). The van der Waals surface area contributed by atoms with E-state index in [4.69, 9.17) is 0 Å². The van der Waals surface area contributed by atoms with Crippen molar-refractivity contribution in [2.45, 2.75) is 39.3 Å². The lowest BCUT2D eigenvalue weighted by Crippen LogP contribution is -2.43. The minimum atomic E-state index is -1.13. The van der Waals surface area contributed by atoms with E-state index >= 15 is 0 Å². The number of hydrogen-bond acceptors (Lipinski definition) is 3. The summed E-state index contributed by atoms with van der Waals surface area (Å²) < 4.78 is 1.98. The Morgan fingerprint density at radius 1 is 1.21 bits per heavy atom. The van der Waals surface area contributed by atoms with Crippen LogP contribution in [0.1, 0.15) is 40.7 Å².